The minimum atomic E-state index is -3.54. The maximum atomic E-state index is 16.0. The molecule has 0 aliphatic heterocycles. The van der Waals surface area contributed by atoms with Gasteiger partial charge in [-0.2, -0.15) is 0 Å². The summed E-state index contributed by atoms with van der Waals surface area (Å²) >= 11 is 0. The quantitative estimate of drug-likeness (QED) is 0.726. The van der Waals surface area contributed by atoms with Crippen LogP contribution < -0.4 is 9.46 Å². The van der Waals surface area contributed by atoms with Crippen LogP contribution in [0.2, 0.25) is 0 Å². The molecule has 2 aromatic carbocycles. The molecule has 0 aromatic heterocycles. The normalized spacial score (nSPS) is 22.9. The lowest BCUT2D eigenvalue weighted by molar-refractivity contribution is 0.0711. The maximum absolute atomic E-state index is 16.0. The van der Waals surface area contributed by atoms with Gasteiger partial charge in [-0.25, -0.2) is 17.5 Å². The smallest absolute Gasteiger partial charge is 0.214 e. The molecule has 0 heterocycles. The molecule has 2 aromatic rings. The van der Waals surface area contributed by atoms with Crippen LogP contribution in [0.1, 0.15) is 50.7 Å². The molecule has 1 N–H and O–H groups in total. The lowest BCUT2D eigenvalue weighted by Gasteiger charge is -2.38. The topological polar surface area (TPSA) is 55.4 Å². The lowest BCUT2D eigenvalue weighted by Crippen LogP contribution is -2.51. The van der Waals surface area contributed by atoms with Crippen molar-refractivity contribution in [3.05, 3.63) is 65.7 Å². The van der Waals surface area contributed by atoms with Crippen LogP contribution in [0.3, 0.4) is 0 Å². The Balaban J connectivity index is 1.74. The predicted molar refractivity (Wildman–Crippen MR) is 109 cm³/mol. The van der Waals surface area contributed by atoms with Crippen molar-refractivity contribution >= 4 is 10.0 Å². The van der Waals surface area contributed by atoms with Crippen molar-refractivity contribution in [2.45, 2.75) is 63.1 Å². The molecule has 3 rings (SSSR count). The lowest BCUT2D eigenvalue weighted by atomic mass is 9.77. The Labute approximate surface area is 167 Å². The van der Waals surface area contributed by atoms with E-state index in [1.54, 1.807) is 38.1 Å². The number of alkyl halides is 1. The summed E-state index contributed by atoms with van der Waals surface area (Å²) in [6, 6.07) is 16.0. The molecular weight excluding hydrogens is 377 g/mol. The summed E-state index contributed by atoms with van der Waals surface area (Å²) in [4.78, 5) is 0. The standard InChI is InChI=1S/C22H28FNO3S/c1-17(2)28(25,26)24-21-10-6-7-15-22(21,23)19-11-13-20(14-12-19)27-16-18-8-4-3-5-9-18/h3-5,8-9,11-14,17,21,24H,6-7,10,15-16H2,1-2H3/t21-,22+/m1/s1. The molecule has 6 heteroatoms. The fraction of sp³-hybridized carbons (Fsp3) is 0.455. The molecule has 4 nitrogen and oxygen atoms in total. The largest absolute Gasteiger partial charge is 0.489 e. The molecule has 152 valence electrons. The van der Waals surface area contributed by atoms with Crippen molar-refractivity contribution in [3.8, 4) is 5.75 Å². The first-order valence-corrected chi connectivity index (χ1v) is 11.3. The summed E-state index contributed by atoms with van der Waals surface area (Å²) in [6.07, 6.45) is 2.36. The first-order chi connectivity index (χ1) is 13.3. The molecule has 0 unspecified atom stereocenters. The second kappa shape index (κ2) is 8.62. The highest BCUT2D eigenvalue weighted by Gasteiger charge is 2.44. The van der Waals surface area contributed by atoms with Gasteiger partial charge in [0, 0.05) is 0 Å². The number of ether oxygens (including phenoxy) is 1. The number of hydrogen-bond acceptors (Lipinski definition) is 3. The zero-order valence-corrected chi connectivity index (χ0v) is 17.2. The number of halogens is 1. The third-order valence-corrected chi connectivity index (χ3v) is 7.20. The highest BCUT2D eigenvalue weighted by molar-refractivity contribution is 7.90. The van der Waals surface area contributed by atoms with E-state index in [-0.39, 0.29) is 0 Å². The van der Waals surface area contributed by atoms with Gasteiger partial charge in [-0.1, -0.05) is 48.9 Å². The van der Waals surface area contributed by atoms with Crippen molar-refractivity contribution < 1.29 is 17.5 Å². The van der Waals surface area contributed by atoms with Crippen LogP contribution in [0.25, 0.3) is 0 Å². The van der Waals surface area contributed by atoms with Crippen LogP contribution >= 0.6 is 0 Å². The van der Waals surface area contributed by atoms with Crippen LogP contribution in [0.5, 0.6) is 5.75 Å². The van der Waals surface area contributed by atoms with Gasteiger partial charge in [0.15, 0.2) is 5.67 Å². The monoisotopic (exact) mass is 405 g/mol. The molecular formula is C22H28FNO3S. The Bertz CT molecular complexity index is 868. The van der Waals surface area contributed by atoms with Crippen LogP contribution in [-0.2, 0) is 22.3 Å². The number of nitrogens with one attached hydrogen (secondary N) is 1. The van der Waals surface area contributed by atoms with Crippen molar-refractivity contribution in [2.75, 3.05) is 0 Å². The SMILES string of the molecule is CC(C)S(=O)(=O)N[C@@H]1CCCC[C@]1(F)c1ccc(OCc2ccccc2)cc1. The maximum Gasteiger partial charge on any atom is 0.214 e. The summed E-state index contributed by atoms with van der Waals surface area (Å²) in [6.45, 7) is 3.64. The Kier molecular flexibility index (Phi) is 6.40. The van der Waals surface area contributed by atoms with Crippen molar-refractivity contribution in [1.82, 2.24) is 4.72 Å². The molecule has 0 bridgehead atoms. The first-order valence-electron chi connectivity index (χ1n) is 9.78. The van der Waals surface area contributed by atoms with E-state index >= 15 is 4.39 Å². The number of benzene rings is 2. The fourth-order valence-electron chi connectivity index (χ4n) is 3.54. The van der Waals surface area contributed by atoms with E-state index in [1.165, 1.54) is 0 Å². The average molecular weight is 406 g/mol. The number of hydrogen-bond donors (Lipinski definition) is 1. The van der Waals surface area contributed by atoms with Crippen LogP contribution in [0.15, 0.2) is 54.6 Å². The Hall–Kier alpha value is -1.92. The molecule has 1 aliphatic rings. The summed E-state index contributed by atoms with van der Waals surface area (Å²) < 4.78 is 48.9. The van der Waals surface area contributed by atoms with Crippen molar-refractivity contribution in [1.29, 1.82) is 0 Å². The average Bonchev–Trinajstić information content (AvgIpc) is 2.69. The fourth-order valence-corrected chi connectivity index (χ4v) is 4.51. The van der Waals surface area contributed by atoms with E-state index in [9.17, 15) is 8.42 Å². The molecule has 1 aliphatic carbocycles. The number of sulfonamides is 1. The minimum absolute atomic E-state index is 0.308. The van der Waals surface area contributed by atoms with Gasteiger partial charge in [0.05, 0.1) is 11.3 Å². The van der Waals surface area contributed by atoms with Gasteiger partial charge >= 0.3 is 0 Å². The van der Waals surface area contributed by atoms with Gasteiger partial charge in [0.1, 0.15) is 12.4 Å². The van der Waals surface area contributed by atoms with Gasteiger partial charge in [-0.15, -0.1) is 0 Å². The van der Waals surface area contributed by atoms with E-state index in [2.05, 4.69) is 4.72 Å². The summed E-state index contributed by atoms with van der Waals surface area (Å²) in [7, 11) is -3.54. The molecule has 0 saturated heterocycles. The molecule has 0 spiro atoms. The molecule has 28 heavy (non-hydrogen) atoms. The molecule has 0 radical (unpaired) electrons. The molecule has 2 atom stereocenters. The third kappa shape index (κ3) is 4.73. The van der Waals surface area contributed by atoms with Crippen LogP contribution in [0.4, 0.5) is 4.39 Å². The zero-order valence-electron chi connectivity index (χ0n) is 16.4. The van der Waals surface area contributed by atoms with Crippen LogP contribution in [-0.4, -0.2) is 19.7 Å². The van der Waals surface area contributed by atoms with E-state index in [4.69, 9.17) is 4.74 Å². The van der Waals surface area contributed by atoms with E-state index in [0.717, 1.165) is 18.4 Å². The third-order valence-electron chi connectivity index (χ3n) is 5.35. The number of rotatable bonds is 7. The van der Waals surface area contributed by atoms with Gasteiger partial charge < -0.3 is 4.74 Å². The van der Waals surface area contributed by atoms with Crippen molar-refractivity contribution in [3.63, 3.8) is 0 Å². The van der Waals surface area contributed by atoms with Gasteiger partial charge in [-0.05, 0) is 56.4 Å². The molecule has 1 saturated carbocycles. The highest BCUT2D eigenvalue weighted by atomic mass is 32.2. The van der Waals surface area contributed by atoms with Crippen LogP contribution in [0, 0.1) is 0 Å². The van der Waals surface area contributed by atoms with Gasteiger partial charge in [-0.3, -0.25) is 0 Å². The summed E-state index contributed by atoms with van der Waals surface area (Å²) in [5, 5.41) is -0.590. The van der Waals surface area contributed by atoms with Gasteiger partial charge in [0.2, 0.25) is 10.0 Å². The summed E-state index contributed by atoms with van der Waals surface area (Å²) in [5.41, 5.74) is -0.155. The Morgan fingerprint density at radius 1 is 1.11 bits per heavy atom. The first kappa shape index (κ1) is 20.8. The molecule has 1 fully saturated rings. The summed E-state index contributed by atoms with van der Waals surface area (Å²) in [5.74, 6) is 0.659. The van der Waals surface area contributed by atoms with Crippen molar-refractivity contribution in [2.24, 2.45) is 0 Å². The van der Waals surface area contributed by atoms with E-state index < -0.39 is 27.0 Å². The zero-order chi connectivity index (χ0) is 20.2. The highest BCUT2D eigenvalue weighted by Crippen LogP contribution is 2.42. The van der Waals surface area contributed by atoms with Gasteiger partial charge in [0.25, 0.3) is 0 Å². The minimum Gasteiger partial charge on any atom is -0.489 e. The Morgan fingerprint density at radius 2 is 1.79 bits per heavy atom. The van der Waals surface area contributed by atoms with E-state index in [1.807, 2.05) is 30.3 Å². The second-order valence-electron chi connectivity index (χ2n) is 7.67. The Morgan fingerprint density at radius 3 is 2.43 bits per heavy atom. The molecule has 0 amide bonds. The van der Waals surface area contributed by atoms with E-state index in [0.29, 0.717) is 30.8 Å². The second-order valence-corrected chi connectivity index (χ2v) is 9.94. The predicted octanol–water partition coefficient (Wildman–Crippen LogP) is 4.70.